The van der Waals surface area contributed by atoms with Gasteiger partial charge in [-0.3, -0.25) is 9.59 Å². The van der Waals surface area contributed by atoms with E-state index in [1.807, 2.05) is 41.4 Å². The van der Waals surface area contributed by atoms with Crippen LogP contribution in [0.3, 0.4) is 0 Å². The average molecular weight is 474 g/mol. The molecule has 2 N–H and O–H groups in total. The summed E-state index contributed by atoms with van der Waals surface area (Å²) >= 11 is 0. The fraction of sp³-hybridized carbons (Fsp3) is 0.333. The SMILES string of the molecule is COc1cc(NC(=O)[C@@H]2[C@H]3C(=O)N(CCc4c[nH]c5ccccc45)C[C@]34C=C[C@H]2O4)cc(OC)c1. The Morgan fingerprint density at radius 3 is 2.74 bits per heavy atom. The molecule has 8 heteroatoms. The van der Waals surface area contributed by atoms with E-state index >= 15 is 0 Å². The number of carbonyl (C=O) groups excluding carboxylic acids is 2. The molecule has 4 atom stereocenters. The van der Waals surface area contributed by atoms with Crippen molar-refractivity contribution >= 4 is 28.4 Å². The van der Waals surface area contributed by atoms with E-state index in [-0.39, 0.29) is 11.8 Å². The highest BCUT2D eigenvalue weighted by Gasteiger charge is 2.66. The Hall–Kier alpha value is -3.78. The fourth-order valence-corrected chi connectivity index (χ4v) is 5.77. The quantitative estimate of drug-likeness (QED) is 0.515. The molecule has 1 aromatic heterocycles. The molecule has 3 aliphatic rings. The number of H-pyrrole nitrogens is 1. The van der Waals surface area contributed by atoms with Crippen molar-refractivity contribution in [1.29, 1.82) is 0 Å². The van der Waals surface area contributed by atoms with Crippen LogP contribution in [0.4, 0.5) is 5.69 Å². The van der Waals surface area contributed by atoms with E-state index < -0.39 is 23.5 Å². The monoisotopic (exact) mass is 473 g/mol. The predicted octanol–water partition coefficient (Wildman–Crippen LogP) is 3.15. The summed E-state index contributed by atoms with van der Waals surface area (Å²) in [5, 5.41) is 4.12. The Morgan fingerprint density at radius 1 is 1.20 bits per heavy atom. The maximum absolute atomic E-state index is 13.5. The van der Waals surface area contributed by atoms with E-state index in [9.17, 15) is 9.59 Å². The summed E-state index contributed by atoms with van der Waals surface area (Å²) in [7, 11) is 3.11. The van der Waals surface area contributed by atoms with Gasteiger partial charge in [-0.2, -0.15) is 0 Å². The Labute approximate surface area is 202 Å². The largest absolute Gasteiger partial charge is 0.497 e. The zero-order valence-electron chi connectivity index (χ0n) is 19.6. The molecule has 35 heavy (non-hydrogen) atoms. The van der Waals surface area contributed by atoms with Crippen LogP contribution >= 0.6 is 0 Å². The van der Waals surface area contributed by atoms with Crippen molar-refractivity contribution in [1.82, 2.24) is 9.88 Å². The number of likely N-dealkylation sites (tertiary alicyclic amines) is 1. The highest BCUT2D eigenvalue weighted by atomic mass is 16.5. The van der Waals surface area contributed by atoms with Gasteiger partial charge in [0.15, 0.2) is 0 Å². The van der Waals surface area contributed by atoms with Crippen molar-refractivity contribution in [2.24, 2.45) is 11.8 Å². The smallest absolute Gasteiger partial charge is 0.231 e. The van der Waals surface area contributed by atoms with Crippen LogP contribution in [0.2, 0.25) is 0 Å². The van der Waals surface area contributed by atoms with E-state index in [2.05, 4.69) is 16.4 Å². The van der Waals surface area contributed by atoms with Gasteiger partial charge in [-0.05, 0) is 18.1 Å². The molecule has 3 aromatic rings. The van der Waals surface area contributed by atoms with Gasteiger partial charge in [-0.1, -0.05) is 30.4 Å². The highest BCUT2D eigenvalue weighted by molar-refractivity contribution is 5.99. The van der Waals surface area contributed by atoms with Crippen molar-refractivity contribution in [3.63, 3.8) is 0 Å². The minimum atomic E-state index is -0.740. The third-order valence-electron chi connectivity index (χ3n) is 7.43. The number of aromatic amines is 1. The molecule has 8 nitrogen and oxygen atoms in total. The molecule has 0 aliphatic carbocycles. The van der Waals surface area contributed by atoms with Gasteiger partial charge in [0.1, 0.15) is 17.1 Å². The maximum atomic E-state index is 13.5. The number of nitrogens with one attached hydrogen (secondary N) is 2. The lowest BCUT2D eigenvalue weighted by Gasteiger charge is -2.23. The Kier molecular flexibility index (Phi) is 5.07. The van der Waals surface area contributed by atoms with Gasteiger partial charge in [0.05, 0.1) is 38.7 Å². The molecule has 0 unspecified atom stereocenters. The third-order valence-corrected chi connectivity index (χ3v) is 7.43. The number of nitrogens with zero attached hydrogens (tertiary/aromatic N) is 1. The van der Waals surface area contributed by atoms with Crippen molar-refractivity contribution in [2.45, 2.75) is 18.1 Å². The second-order valence-corrected chi connectivity index (χ2v) is 9.36. The summed E-state index contributed by atoms with van der Waals surface area (Å²) in [6.07, 6.45) is 6.22. The fourth-order valence-electron chi connectivity index (χ4n) is 5.77. The minimum absolute atomic E-state index is 0.0277. The van der Waals surface area contributed by atoms with Gasteiger partial charge >= 0.3 is 0 Å². The van der Waals surface area contributed by atoms with Gasteiger partial charge in [-0.25, -0.2) is 0 Å². The van der Waals surface area contributed by atoms with Gasteiger partial charge in [0.25, 0.3) is 0 Å². The number of methoxy groups -OCH3 is 2. The molecule has 4 heterocycles. The lowest BCUT2D eigenvalue weighted by Crippen LogP contribution is -2.41. The number of anilines is 1. The number of hydrogen-bond donors (Lipinski definition) is 2. The molecule has 0 saturated carbocycles. The average Bonchev–Trinajstić information content (AvgIpc) is 3.62. The molecule has 2 saturated heterocycles. The van der Waals surface area contributed by atoms with Gasteiger partial charge in [-0.15, -0.1) is 0 Å². The predicted molar refractivity (Wildman–Crippen MR) is 130 cm³/mol. The molecule has 0 radical (unpaired) electrons. The lowest BCUT2D eigenvalue weighted by molar-refractivity contribution is -0.135. The lowest BCUT2D eigenvalue weighted by atomic mass is 9.77. The molecule has 3 aliphatic heterocycles. The first-order chi connectivity index (χ1) is 17.0. The van der Waals surface area contributed by atoms with Crippen LogP contribution in [-0.4, -0.2) is 60.7 Å². The third kappa shape index (κ3) is 3.47. The molecule has 180 valence electrons. The number of amides is 2. The van der Waals surface area contributed by atoms with Crippen molar-refractivity contribution in [3.05, 3.63) is 66.4 Å². The molecule has 1 spiro atoms. The van der Waals surface area contributed by atoms with E-state index in [1.165, 1.54) is 10.9 Å². The summed E-state index contributed by atoms with van der Waals surface area (Å²) in [6.45, 7) is 1.03. The zero-order chi connectivity index (χ0) is 24.2. The van der Waals surface area contributed by atoms with Gasteiger partial charge < -0.3 is 29.4 Å². The maximum Gasteiger partial charge on any atom is 0.231 e. The molecule has 2 bridgehead atoms. The number of ether oxygens (including phenoxy) is 3. The number of para-hydroxylation sites is 1. The second kappa shape index (κ2) is 8.16. The number of aromatic nitrogens is 1. The standard InChI is InChI=1S/C27H27N3O5/c1-33-18-11-17(12-19(13-18)34-2)29-25(31)23-22-7-9-27(35-22)15-30(26(32)24(23)27)10-8-16-14-28-21-6-4-3-5-20(16)21/h3-7,9,11-14,22-24,28H,8,10,15H2,1-2H3,(H,29,31)/t22-,23+,24+,27-/m1/s1. The number of fused-ring (bicyclic) bond motifs is 2. The summed E-state index contributed by atoms with van der Waals surface area (Å²) in [5.41, 5.74) is 2.07. The van der Waals surface area contributed by atoms with Crippen LogP contribution in [0.25, 0.3) is 10.9 Å². The van der Waals surface area contributed by atoms with E-state index in [1.54, 1.807) is 32.4 Å². The summed E-state index contributed by atoms with van der Waals surface area (Å²) in [5.74, 6) is -0.259. The molecular formula is C27H27N3O5. The van der Waals surface area contributed by atoms with Crippen LogP contribution in [-0.2, 0) is 20.7 Å². The van der Waals surface area contributed by atoms with Crippen molar-refractivity contribution < 1.29 is 23.8 Å². The number of hydrogen-bond acceptors (Lipinski definition) is 5. The van der Waals surface area contributed by atoms with Crippen LogP contribution in [0, 0.1) is 11.8 Å². The first kappa shape index (κ1) is 21.7. The number of carbonyl (C=O) groups is 2. The Balaban J connectivity index is 1.20. The first-order valence-electron chi connectivity index (χ1n) is 11.8. The highest BCUT2D eigenvalue weighted by Crippen LogP contribution is 2.52. The number of rotatable bonds is 7. The van der Waals surface area contributed by atoms with Crippen LogP contribution < -0.4 is 14.8 Å². The Bertz CT molecular complexity index is 1330. The van der Waals surface area contributed by atoms with E-state index in [4.69, 9.17) is 14.2 Å². The Morgan fingerprint density at radius 2 is 1.97 bits per heavy atom. The van der Waals surface area contributed by atoms with Gasteiger partial charge in [0, 0.05) is 47.5 Å². The summed E-state index contributed by atoms with van der Waals surface area (Å²) in [4.78, 5) is 32.1. The summed E-state index contributed by atoms with van der Waals surface area (Å²) in [6, 6.07) is 13.3. The second-order valence-electron chi connectivity index (χ2n) is 9.36. The van der Waals surface area contributed by atoms with Crippen LogP contribution in [0.5, 0.6) is 11.5 Å². The number of benzene rings is 2. The van der Waals surface area contributed by atoms with Gasteiger partial charge in [0.2, 0.25) is 11.8 Å². The van der Waals surface area contributed by atoms with E-state index in [0.717, 1.165) is 11.9 Å². The molecule has 2 aromatic carbocycles. The molecule has 2 amide bonds. The normalized spacial score (nSPS) is 26.4. The molecule has 2 fully saturated rings. The summed E-state index contributed by atoms with van der Waals surface area (Å²) < 4.78 is 16.9. The zero-order valence-corrected chi connectivity index (χ0v) is 19.6. The van der Waals surface area contributed by atoms with E-state index in [0.29, 0.717) is 30.3 Å². The topological polar surface area (TPSA) is 92.9 Å². The first-order valence-corrected chi connectivity index (χ1v) is 11.8. The molecule has 6 rings (SSSR count). The molecular weight excluding hydrogens is 446 g/mol. The van der Waals surface area contributed by atoms with Crippen molar-refractivity contribution in [2.75, 3.05) is 32.6 Å². The van der Waals surface area contributed by atoms with Crippen LogP contribution in [0.15, 0.2) is 60.8 Å². The minimum Gasteiger partial charge on any atom is -0.497 e. The van der Waals surface area contributed by atoms with Crippen molar-refractivity contribution in [3.8, 4) is 11.5 Å². The van der Waals surface area contributed by atoms with Crippen LogP contribution in [0.1, 0.15) is 5.56 Å².